The van der Waals surface area contributed by atoms with Crippen LogP contribution in [-0.4, -0.2) is 24.3 Å². The van der Waals surface area contributed by atoms with Crippen LogP contribution in [-0.2, 0) is 4.74 Å². The molecule has 1 N–H and O–H groups in total. The van der Waals surface area contributed by atoms with E-state index in [4.69, 9.17) is 4.74 Å². The van der Waals surface area contributed by atoms with Crippen molar-refractivity contribution in [2.45, 2.75) is 76.4 Å². The maximum Gasteiger partial charge on any atom is 0.0842 e. The molecule has 104 valence electrons. The van der Waals surface area contributed by atoms with Gasteiger partial charge in [0.25, 0.3) is 0 Å². The van der Waals surface area contributed by atoms with Crippen LogP contribution in [0.1, 0.15) is 65.2 Å². The summed E-state index contributed by atoms with van der Waals surface area (Å²) in [5, 5.41) is 3.73. The molecule has 0 radical (unpaired) electrons. The smallest absolute Gasteiger partial charge is 0.0842 e. The lowest BCUT2D eigenvalue weighted by Crippen LogP contribution is -2.64. The Balaban J connectivity index is 1.79. The van der Waals surface area contributed by atoms with Crippen molar-refractivity contribution in [2.75, 3.05) is 13.1 Å². The molecule has 1 saturated heterocycles. The normalized spacial score (nSPS) is 44.3. The van der Waals surface area contributed by atoms with Gasteiger partial charge in [-0.25, -0.2) is 0 Å². The van der Waals surface area contributed by atoms with Gasteiger partial charge in [-0.05, 0) is 31.1 Å². The molecule has 2 aliphatic carbocycles. The summed E-state index contributed by atoms with van der Waals surface area (Å²) in [5.41, 5.74) is 0.328. The minimum atomic E-state index is 0.146. The molecular formula is C16H29NO. The Kier molecular flexibility index (Phi) is 3.44. The van der Waals surface area contributed by atoms with E-state index < -0.39 is 0 Å². The minimum absolute atomic E-state index is 0.146. The molecule has 0 amide bonds. The van der Waals surface area contributed by atoms with Gasteiger partial charge in [0, 0.05) is 13.1 Å². The molecule has 3 atom stereocenters. The Morgan fingerprint density at radius 1 is 0.944 bits per heavy atom. The van der Waals surface area contributed by atoms with Gasteiger partial charge in [0.15, 0.2) is 0 Å². The molecule has 2 nitrogen and oxygen atoms in total. The monoisotopic (exact) mass is 251 g/mol. The lowest BCUT2D eigenvalue weighted by atomic mass is 9.68. The van der Waals surface area contributed by atoms with E-state index >= 15 is 0 Å². The quantitative estimate of drug-likeness (QED) is 0.711. The van der Waals surface area contributed by atoms with Crippen molar-refractivity contribution in [3.8, 4) is 0 Å². The molecule has 0 aromatic carbocycles. The van der Waals surface area contributed by atoms with Crippen LogP contribution in [0, 0.1) is 11.8 Å². The molecule has 0 bridgehead atoms. The van der Waals surface area contributed by atoms with Gasteiger partial charge in [-0.3, -0.25) is 0 Å². The van der Waals surface area contributed by atoms with Crippen molar-refractivity contribution in [3.63, 3.8) is 0 Å². The third-order valence-corrected chi connectivity index (χ3v) is 6.00. The van der Waals surface area contributed by atoms with E-state index in [-0.39, 0.29) is 11.2 Å². The van der Waals surface area contributed by atoms with E-state index in [1.807, 2.05) is 0 Å². The van der Waals surface area contributed by atoms with Gasteiger partial charge < -0.3 is 10.1 Å². The zero-order chi connectivity index (χ0) is 12.6. The highest BCUT2D eigenvalue weighted by atomic mass is 16.5. The molecule has 18 heavy (non-hydrogen) atoms. The Bertz CT molecular complexity index is 288. The van der Waals surface area contributed by atoms with E-state index in [2.05, 4.69) is 19.2 Å². The number of hydrogen-bond donors (Lipinski definition) is 1. The van der Waals surface area contributed by atoms with E-state index in [1.54, 1.807) is 0 Å². The van der Waals surface area contributed by atoms with Crippen LogP contribution in [0.2, 0.25) is 0 Å². The maximum atomic E-state index is 6.86. The topological polar surface area (TPSA) is 21.3 Å². The number of ether oxygens (including phenoxy) is 1. The summed E-state index contributed by atoms with van der Waals surface area (Å²) < 4.78 is 6.86. The molecule has 3 fully saturated rings. The van der Waals surface area contributed by atoms with Crippen molar-refractivity contribution < 1.29 is 4.74 Å². The van der Waals surface area contributed by atoms with Crippen molar-refractivity contribution >= 4 is 0 Å². The van der Waals surface area contributed by atoms with Gasteiger partial charge in [-0.15, -0.1) is 0 Å². The molecule has 1 heterocycles. The van der Waals surface area contributed by atoms with Crippen LogP contribution >= 0.6 is 0 Å². The molecule has 2 spiro atoms. The zero-order valence-corrected chi connectivity index (χ0v) is 12.1. The molecule has 0 aromatic rings. The molecule has 2 saturated carbocycles. The predicted octanol–water partition coefficient (Wildman–Crippen LogP) is 3.50. The standard InChI is InChI=1S/C16H29NO/c1-13-7-6-10-16(14(13)2)12-17-11-15(18-16)8-4-3-5-9-15/h13-14,17H,3-12H2,1-2H3. The summed E-state index contributed by atoms with van der Waals surface area (Å²) in [4.78, 5) is 0. The highest BCUT2D eigenvalue weighted by Crippen LogP contribution is 2.46. The number of rotatable bonds is 0. The molecule has 3 unspecified atom stereocenters. The summed E-state index contributed by atoms with van der Waals surface area (Å²) in [6.07, 6.45) is 10.7. The lowest BCUT2D eigenvalue weighted by molar-refractivity contribution is -0.228. The molecule has 0 aromatic heterocycles. The largest absolute Gasteiger partial charge is 0.366 e. The van der Waals surface area contributed by atoms with Gasteiger partial charge >= 0.3 is 0 Å². The summed E-state index contributed by atoms with van der Waals surface area (Å²) in [6, 6.07) is 0. The van der Waals surface area contributed by atoms with Crippen molar-refractivity contribution in [1.29, 1.82) is 0 Å². The van der Waals surface area contributed by atoms with Crippen molar-refractivity contribution in [1.82, 2.24) is 5.32 Å². The molecule has 3 aliphatic rings. The third kappa shape index (κ3) is 2.12. The van der Waals surface area contributed by atoms with Crippen molar-refractivity contribution in [3.05, 3.63) is 0 Å². The minimum Gasteiger partial charge on any atom is -0.366 e. The fraction of sp³-hybridized carbons (Fsp3) is 1.00. The van der Waals surface area contributed by atoms with Crippen LogP contribution in [0.25, 0.3) is 0 Å². The summed E-state index contributed by atoms with van der Waals surface area (Å²) in [7, 11) is 0. The van der Waals surface area contributed by atoms with Gasteiger partial charge in [0.05, 0.1) is 11.2 Å². The van der Waals surface area contributed by atoms with Crippen LogP contribution in [0.15, 0.2) is 0 Å². The van der Waals surface area contributed by atoms with Gasteiger partial charge in [-0.1, -0.05) is 46.0 Å². The summed E-state index contributed by atoms with van der Waals surface area (Å²) in [6.45, 7) is 7.01. The van der Waals surface area contributed by atoms with Crippen LogP contribution in [0.4, 0.5) is 0 Å². The van der Waals surface area contributed by atoms with Crippen molar-refractivity contribution in [2.24, 2.45) is 11.8 Å². The Labute approximate surface area is 112 Å². The first-order valence-electron chi connectivity index (χ1n) is 8.07. The maximum absolute atomic E-state index is 6.86. The van der Waals surface area contributed by atoms with E-state index in [1.165, 1.54) is 51.4 Å². The molecule has 1 aliphatic heterocycles. The first kappa shape index (κ1) is 12.9. The number of morpholine rings is 1. The van der Waals surface area contributed by atoms with Gasteiger partial charge in [0.1, 0.15) is 0 Å². The lowest BCUT2D eigenvalue weighted by Gasteiger charge is -2.55. The fourth-order valence-electron chi connectivity index (χ4n) is 4.59. The Hall–Kier alpha value is -0.0800. The second-order valence-corrected chi connectivity index (χ2v) is 7.17. The number of nitrogens with one attached hydrogen (secondary N) is 1. The first-order chi connectivity index (χ1) is 8.66. The van der Waals surface area contributed by atoms with Gasteiger partial charge in [-0.2, -0.15) is 0 Å². The third-order valence-electron chi connectivity index (χ3n) is 6.00. The summed E-state index contributed by atoms with van der Waals surface area (Å²) >= 11 is 0. The van der Waals surface area contributed by atoms with E-state index in [0.29, 0.717) is 5.92 Å². The Morgan fingerprint density at radius 2 is 1.72 bits per heavy atom. The zero-order valence-electron chi connectivity index (χ0n) is 12.1. The van der Waals surface area contributed by atoms with Crippen LogP contribution < -0.4 is 5.32 Å². The molecule has 2 heteroatoms. The van der Waals surface area contributed by atoms with Gasteiger partial charge in [0.2, 0.25) is 0 Å². The second kappa shape index (κ2) is 4.79. The van der Waals surface area contributed by atoms with E-state index in [9.17, 15) is 0 Å². The molecule has 3 rings (SSSR count). The van der Waals surface area contributed by atoms with Crippen LogP contribution in [0.5, 0.6) is 0 Å². The highest BCUT2D eigenvalue weighted by molar-refractivity contribution is 5.02. The first-order valence-corrected chi connectivity index (χ1v) is 8.07. The second-order valence-electron chi connectivity index (χ2n) is 7.17. The average Bonchev–Trinajstić information content (AvgIpc) is 2.37. The van der Waals surface area contributed by atoms with Crippen LogP contribution in [0.3, 0.4) is 0 Å². The molecular weight excluding hydrogens is 222 g/mol. The fourth-order valence-corrected chi connectivity index (χ4v) is 4.59. The highest BCUT2D eigenvalue weighted by Gasteiger charge is 2.50. The number of hydrogen-bond acceptors (Lipinski definition) is 2. The predicted molar refractivity (Wildman–Crippen MR) is 74.7 cm³/mol. The SMILES string of the molecule is CC1CCCC2(CNCC3(CCCCC3)O2)C1C. The average molecular weight is 251 g/mol. The Morgan fingerprint density at radius 3 is 2.50 bits per heavy atom. The van der Waals surface area contributed by atoms with E-state index in [0.717, 1.165) is 19.0 Å². The summed E-state index contributed by atoms with van der Waals surface area (Å²) in [5.74, 6) is 1.53.